The number of phenols is 1. The van der Waals surface area contributed by atoms with Crippen molar-refractivity contribution in [3.63, 3.8) is 0 Å². The molecule has 2 heterocycles. The molecule has 0 spiro atoms. The van der Waals surface area contributed by atoms with Crippen molar-refractivity contribution >= 4 is 28.2 Å². The number of hydrogen-bond donors (Lipinski definition) is 4. The van der Waals surface area contributed by atoms with Crippen molar-refractivity contribution in [3.05, 3.63) is 60.9 Å². The molecule has 0 atom stereocenters. The maximum absolute atomic E-state index is 9.59. The first-order chi connectivity index (χ1) is 11.7. The predicted octanol–water partition coefficient (Wildman–Crippen LogP) is 3.66. The van der Waals surface area contributed by atoms with Crippen LogP contribution in [0.5, 0.6) is 5.75 Å². The Morgan fingerprint density at radius 3 is 2.71 bits per heavy atom. The Hall–Kier alpha value is -3.54. The summed E-state index contributed by atoms with van der Waals surface area (Å²) >= 11 is 0. The number of anilines is 3. The molecule has 0 aliphatic rings. The zero-order chi connectivity index (χ0) is 16.5. The highest BCUT2D eigenvalue weighted by Gasteiger charge is 2.10. The molecule has 2 aromatic carbocycles. The van der Waals surface area contributed by atoms with Crippen LogP contribution in [-0.4, -0.2) is 20.1 Å². The Kier molecular flexibility index (Phi) is 3.28. The highest BCUT2D eigenvalue weighted by atomic mass is 16.3. The number of nitrogens with zero attached hydrogens (tertiary/aromatic N) is 2. The van der Waals surface area contributed by atoms with Gasteiger partial charge in [0.25, 0.3) is 0 Å². The van der Waals surface area contributed by atoms with Gasteiger partial charge >= 0.3 is 0 Å². The highest BCUT2D eigenvalue weighted by Crippen LogP contribution is 2.29. The lowest BCUT2D eigenvalue weighted by molar-refractivity contribution is 0.475. The van der Waals surface area contributed by atoms with Crippen LogP contribution in [0.3, 0.4) is 0 Å². The van der Waals surface area contributed by atoms with E-state index >= 15 is 0 Å². The van der Waals surface area contributed by atoms with Crippen molar-refractivity contribution in [1.82, 2.24) is 15.0 Å². The van der Waals surface area contributed by atoms with E-state index in [4.69, 9.17) is 5.73 Å². The van der Waals surface area contributed by atoms with E-state index in [-0.39, 0.29) is 5.75 Å². The normalized spacial score (nSPS) is 10.8. The van der Waals surface area contributed by atoms with E-state index < -0.39 is 0 Å². The smallest absolute Gasteiger partial charge is 0.143 e. The van der Waals surface area contributed by atoms with E-state index in [9.17, 15) is 5.11 Å². The third-order valence-electron chi connectivity index (χ3n) is 3.73. The van der Waals surface area contributed by atoms with Crippen molar-refractivity contribution in [1.29, 1.82) is 0 Å². The Morgan fingerprint density at radius 2 is 1.88 bits per heavy atom. The number of fused-ring (bicyclic) bond motifs is 1. The summed E-state index contributed by atoms with van der Waals surface area (Å²) in [6.07, 6.45) is 1.49. The first-order valence-corrected chi connectivity index (χ1v) is 7.45. The van der Waals surface area contributed by atoms with Gasteiger partial charge in [0.05, 0.1) is 5.39 Å². The largest absolute Gasteiger partial charge is 0.508 e. The van der Waals surface area contributed by atoms with Crippen molar-refractivity contribution in [2.75, 3.05) is 11.1 Å². The number of phenolic OH excluding ortho intramolecular Hbond substituents is 1. The minimum Gasteiger partial charge on any atom is -0.508 e. The van der Waals surface area contributed by atoms with E-state index in [1.54, 1.807) is 18.2 Å². The third-order valence-corrected chi connectivity index (χ3v) is 3.73. The van der Waals surface area contributed by atoms with E-state index in [1.165, 1.54) is 6.33 Å². The molecule has 6 nitrogen and oxygen atoms in total. The number of hydrogen-bond acceptors (Lipinski definition) is 5. The van der Waals surface area contributed by atoms with Crippen molar-refractivity contribution in [2.45, 2.75) is 0 Å². The molecule has 0 unspecified atom stereocenters. The lowest BCUT2D eigenvalue weighted by atomic mass is 10.1. The number of nitrogen functional groups attached to an aromatic ring is 1. The molecular formula is C18H15N5O. The molecule has 0 amide bonds. The summed E-state index contributed by atoms with van der Waals surface area (Å²) in [5.41, 5.74) is 9.94. The summed E-state index contributed by atoms with van der Waals surface area (Å²) < 4.78 is 0. The average Bonchev–Trinajstić information content (AvgIpc) is 3.00. The molecule has 5 N–H and O–H groups in total. The van der Waals surface area contributed by atoms with E-state index in [0.29, 0.717) is 11.5 Å². The molecule has 4 rings (SSSR count). The summed E-state index contributed by atoms with van der Waals surface area (Å²) in [5, 5.41) is 13.7. The molecule has 0 radical (unpaired) electrons. The van der Waals surface area contributed by atoms with Gasteiger partial charge < -0.3 is 21.1 Å². The van der Waals surface area contributed by atoms with Gasteiger partial charge in [-0.25, -0.2) is 9.97 Å². The van der Waals surface area contributed by atoms with Gasteiger partial charge in [-0.2, -0.15) is 0 Å². The fraction of sp³-hybridized carbons (Fsp3) is 0. The number of aromatic nitrogens is 3. The first-order valence-electron chi connectivity index (χ1n) is 7.45. The van der Waals surface area contributed by atoms with Crippen LogP contribution < -0.4 is 11.1 Å². The third kappa shape index (κ3) is 2.61. The number of benzene rings is 2. The number of nitrogens with one attached hydrogen (secondary N) is 2. The van der Waals surface area contributed by atoms with Crippen LogP contribution in [0.25, 0.3) is 22.3 Å². The van der Waals surface area contributed by atoms with Crippen molar-refractivity contribution < 1.29 is 5.11 Å². The summed E-state index contributed by atoms with van der Waals surface area (Å²) in [6, 6.07) is 16.5. The molecular weight excluding hydrogens is 302 g/mol. The van der Waals surface area contributed by atoms with Gasteiger partial charge in [0, 0.05) is 28.7 Å². The number of aromatic amines is 1. The van der Waals surface area contributed by atoms with Crippen LogP contribution in [0.4, 0.5) is 17.2 Å². The van der Waals surface area contributed by atoms with Gasteiger partial charge in [0.1, 0.15) is 23.5 Å². The second-order valence-electron chi connectivity index (χ2n) is 5.47. The minimum absolute atomic E-state index is 0.194. The second-order valence-corrected chi connectivity index (χ2v) is 5.47. The average molecular weight is 317 g/mol. The Balaban J connectivity index is 1.77. The second kappa shape index (κ2) is 5.58. The maximum Gasteiger partial charge on any atom is 0.143 e. The van der Waals surface area contributed by atoms with E-state index in [1.807, 2.05) is 36.4 Å². The summed E-state index contributed by atoms with van der Waals surface area (Å²) in [7, 11) is 0. The van der Waals surface area contributed by atoms with Crippen LogP contribution >= 0.6 is 0 Å². The van der Waals surface area contributed by atoms with Gasteiger partial charge in [-0.3, -0.25) is 0 Å². The lowest BCUT2D eigenvalue weighted by Crippen LogP contribution is -1.94. The Morgan fingerprint density at radius 1 is 1.00 bits per heavy atom. The molecule has 0 saturated heterocycles. The molecule has 0 fully saturated rings. The van der Waals surface area contributed by atoms with Crippen LogP contribution in [0.1, 0.15) is 0 Å². The van der Waals surface area contributed by atoms with Crippen LogP contribution in [0.15, 0.2) is 60.9 Å². The van der Waals surface area contributed by atoms with Crippen LogP contribution in [-0.2, 0) is 0 Å². The van der Waals surface area contributed by atoms with E-state index in [0.717, 1.165) is 28.0 Å². The Labute approximate surface area is 138 Å². The van der Waals surface area contributed by atoms with Crippen LogP contribution in [0, 0.1) is 0 Å². The van der Waals surface area contributed by atoms with Gasteiger partial charge in [0.2, 0.25) is 0 Å². The highest BCUT2D eigenvalue weighted by molar-refractivity contribution is 5.93. The minimum atomic E-state index is 0.194. The van der Waals surface area contributed by atoms with E-state index in [2.05, 4.69) is 20.3 Å². The number of nitrogens with two attached hydrogens (primary N) is 1. The molecule has 24 heavy (non-hydrogen) atoms. The monoisotopic (exact) mass is 317 g/mol. The molecule has 4 aromatic rings. The maximum atomic E-state index is 9.59. The van der Waals surface area contributed by atoms with Crippen molar-refractivity contribution in [3.8, 4) is 17.0 Å². The molecule has 0 aliphatic heterocycles. The van der Waals surface area contributed by atoms with Gasteiger partial charge in [-0.15, -0.1) is 0 Å². The fourth-order valence-electron chi connectivity index (χ4n) is 2.62. The predicted molar refractivity (Wildman–Crippen MR) is 95.1 cm³/mol. The topological polar surface area (TPSA) is 99.8 Å². The SMILES string of the molecule is Nc1cccc(-c2cc3c(Nc4cccc(O)c4)ncnc3[nH]2)c1. The number of rotatable bonds is 3. The summed E-state index contributed by atoms with van der Waals surface area (Å²) in [6.45, 7) is 0. The Bertz CT molecular complexity index is 1020. The standard InChI is InChI=1S/C18H15N5O/c19-12-4-1-3-11(7-12)16-9-15-17(20-10-21-18(15)23-16)22-13-5-2-6-14(24)8-13/h1-10,24H,19H2,(H2,20,21,22,23). The van der Waals surface area contributed by atoms with Gasteiger partial charge in [-0.05, 0) is 30.3 Å². The first kappa shape index (κ1) is 14.1. The molecule has 118 valence electrons. The molecule has 0 saturated carbocycles. The molecule has 2 aromatic heterocycles. The summed E-state index contributed by atoms with van der Waals surface area (Å²) in [5.74, 6) is 0.858. The quantitative estimate of drug-likeness (QED) is 0.432. The zero-order valence-corrected chi connectivity index (χ0v) is 12.7. The van der Waals surface area contributed by atoms with Gasteiger partial charge in [-0.1, -0.05) is 18.2 Å². The summed E-state index contributed by atoms with van der Waals surface area (Å²) in [4.78, 5) is 11.9. The lowest BCUT2D eigenvalue weighted by Gasteiger charge is -2.06. The van der Waals surface area contributed by atoms with Crippen LogP contribution in [0.2, 0.25) is 0 Å². The zero-order valence-electron chi connectivity index (χ0n) is 12.7. The molecule has 6 heteroatoms. The molecule has 0 bridgehead atoms. The number of aromatic hydroxyl groups is 1. The van der Waals surface area contributed by atoms with Gasteiger partial charge in [0.15, 0.2) is 0 Å². The molecule has 0 aliphatic carbocycles. The fourth-order valence-corrected chi connectivity index (χ4v) is 2.62. The van der Waals surface area contributed by atoms with Crippen molar-refractivity contribution in [2.24, 2.45) is 0 Å². The number of H-pyrrole nitrogens is 1.